The van der Waals surface area contributed by atoms with E-state index in [1.54, 1.807) is 21.1 Å². The summed E-state index contributed by atoms with van der Waals surface area (Å²) in [7, 11) is 3.19. The summed E-state index contributed by atoms with van der Waals surface area (Å²) < 4.78 is 16.6. The monoisotopic (exact) mass is 330 g/mol. The van der Waals surface area contributed by atoms with Crippen molar-refractivity contribution in [1.82, 2.24) is 0 Å². The minimum absolute atomic E-state index is 0.179. The Morgan fingerprint density at radius 1 is 1.26 bits per heavy atom. The van der Waals surface area contributed by atoms with E-state index in [0.29, 0.717) is 24.3 Å². The number of hydrogen-bond acceptors (Lipinski definition) is 4. The average molecular weight is 331 g/mol. The molecule has 0 saturated carbocycles. The van der Waals surface area contributed by atoms with Gasteiger partial charge in [0.05, 0.1) is 14.2 Å². The summed E-state index contributed by atoms with van der Waals surface area (Å²) in [6.45, 7) is 3.65. The molecule has 1 atom stereocenters. The van der Waals surface area contributed by atoms with Crippen LogP contribution in [0, 0.1) is 0 Å². The van der Waals surface area contributed by atoms with E-state index >= 15 is 0 Å². The first kappa shape index (κ1) is 15.8. The van der Waals surface area contributed by atoms with Crippen molar-refractivity contribution in [3.8, 4) is 11.5 Å². The van der Waals surface area contributed by atoms with Crippen LogP contribution in [0.3, 0.4) is 0 Å². The van der Waals surface area contributed by atoms with Gasteiger partial charge in [0, 0.05) is 17.3 Å². The molecular weight excluding hydrogens is 312 g/mol. The van der Waals surface area contributed by atoms with Gasteiger partial charge in [0.1, 0.15) is 6.10 Å². The van der Waals surface area contributed by atoms with Gasteiger partial charge in [-0.1, -0.05) is 22.9 Å². The second-order valence-corrected chi connectivity index (χ2v) is 5.01. The number of carbonyl (C=O) groups excluding carboxylic acids is 1. The molecule has 0 fully saturated rings. The summed E-state index contributed by atoms with van der Waals surface area (Å²) in [6.07, 6.45) is 0.825. The van der Waals surface area contributed by atoms with E-state index in [1.807, 2.05) is 19.1 Å². The van der Waals surface area contributed by atoms with E-state index in [4.69, 9.17) is 14.2 Å². The number of carbonyl (C=O) groups is 1. The zero-order valence-electron chi connectivity index (χ0n) is 11.7. The normalized spacial score (nSPS) is 11.8. The molecule has 106 valence electrons. The Morgan fingerprint density at radius 2 is 1.84 bits per heavy atom. The quantitative estimate of drug-likeness (QED) is 0.750. The lowest BCUT2D eigenvalue weighted by molar-refractivity contribution is -0.147. The zero-order chi connectivity index (χ0) is 14.4. The molecule has 1 unspecified atom stereocenters. The summed E-state index contributed by atoms with van der Waals surface area (Å²) >= 11 is 3.49. The van der Waals surface area contributed by atoms with Gasteiger partial charge in [-0.25, -0.2) is 0 Å². The summed E-state index contributed by atoms with van der Waals surface area (Å²) in [5, 5.41) is 0. The van der Waals surface area contributed by atoms with Gasteiger partial charge in [-0.05, 0) is 24.6 Å². The van der Waals surface area contributed by atoms with Crippen molar-refractivity contribution < 1.29 is 19.0 Å². The molecule has 19 heavy (non-hydrogen) atoms. The second kappa shape index (κ2) is 7.38. The lowest BCUT2D eigenvalue weighted by atomic mass is 10.1. The maximum Gasteiger partial charge on any atom is 0.305 e. The molecule has 0 N–H and O–H groups in total. The summed E-state index contributed by atoms with van der Waals surface area (Å²) in [5.74, 6) is 1.13. The fourth-order valence-corrected chi connectivity index (χ4v) is 2.20. The van der Waals surface area contributed by atoms with E-state index in [-0.39, 0.29) is 12.1 Å². The molecule has 0 aliphatic rings. The smallest absolute Gasteiger partial charge is 0.305 e. The van der Waals surface area contributed by atoms with Crippen LogP contribution in [0.25, 0.3) is 0 Å². The first-order chi connectivity index (χ1) is 9.01. The van der Waals surface area contributed by atoms with Gasteiger partial charge in [-0.3, -0.25) is 4.79 Å². The molecule has 0 bridgehead atoms. The number of benzene rings is 1. The Bertz CT molecular complexity index is 445. The van der Waals surface area contributed by atoms with Crippen LogP contribution >= 0.6 is 15.9 Å². The van der Waals surface area contributed by atoms with Gasteiger partial charge in [0.2, 0.25) is 0 Å². The number of rotatable bonds is 6. The molecule has 4 nitrogen and oxygen atoms in total. The fraction of sp³-hybridized carbons (Fsp3) is 0.500. The maximum atomic E-state index is 11.2. The highest BCUT2D eigenvalue weighted by Gasteiger charge is 2.14. The van der Waals surface area contributed by atoms with Gasteiger partial charge in [0.25, 0.3) is 0 Å². The van der Waals surface area contributed by atoms with Crippen LogP contribution in [0.15, 0.2) is 16.6 Å². The highest BCUT2D eigenvalue weighted by molar-refractivity contribution is 9.10. The molecule has 0 aromatic heterocycles. The van der Waals surface area contributed by atoms with Crippen molar-refractivity contribution in [1.29, 1.82) is 0 Å². The Hall–Kier alpha value is -1.23. The molecule has 0 heterocycles. The van der Waals surface area contributed by atoms with Gasteiger partial charge in [-0.2, -0.15) is 0 Å². The number of ether oxygens (including phenoxy) is 3. The van der Waals surface area contributed by atoms with Crippen molar-refractivity contribution in [3.63, 3.8) is 0 Å². The van der Waals surface area contributed by atoms with E-state index < -0.39 is 0 Å². The van der Waals surface area contributed by atoms with Crippen LogP contribution in [0.5, 0.6) is 11.5 Å². The minimum atomic E-state index is -0.191. The first-order valence-corrected chi connectivity index (χ1v) is 6.91. The van der Waals surface area contributed by atoms with Crippen molar-refractivity contribution in [2.45, 2.75) is 32.8 Å². The molecule has 0 radical (unpaired) electrons. The van der Waals surface area contributed by atoms with E-state index in [9.17, 15) is 4.79 Å². The molecule has 0 aliphatic heterocycles. The molecular formula is C14H19BrO4. The van der Waals surface area contributed by atoms with Crippen LogP contribution in [0.1, 0.15) is 25.8 Å². The van der Waals surface area contributed by atoms with Crippen molar-refractivity contribution in [2.24, 2.45) is 0 Å². The van der Waals surface area contributed by atoms with Gasteiger partial charge in [-0.15, -0.1) is 0 Å². The van der Waals surface area contributed by atoms with E-state index in [0.717, 1.165) is 10.0 Å². The Labute approximate surface area is 122 Å². The number of methoxy groups -OCH3 is 2. The van der Waals surface area contributed by atoms with E-state index in [2.05, 4.69) is 15.9 Å². The number of halogens is 1. The van der Waals surface area contributed by atoms with Gasteiger partial charge in [0.15, 0.2) is 11.5 Å². The van der Waals surface area contributed by atoms with Crippen LogP contribution in [-0.4, -0.2) is 26.3 Å². The standard InChI is InChI=1S/C14H19BrO4/c1-5-14(16)19-9(2)6-10-7-12(17-3)13(18-4)8-11(10)15/h7-9H,5-6H2,1-4H3. The predicted molar refractivity (Wildman–Crippen MR) is 76.8 cm³/mol. The first-order valence-electron chi connectivity index (χ1n) is 6.11. The van der Waals surface area contributed by atoms with Crippen molar-refractivity contribution in [2.75, 3.05) is 14.2 Å². The maximum absolute atomic E-state index is 11.2. The summed E-state index contributed by atoms with van der Waals surface area (Å²) in [5.41, 5.74) is 1.01. The zero-order valence-corrected chi connectivity index (χ0v) is 13.2. The fourth-order valence-electron chi connectivity index (χ4n) is 1.71. The van der Waals surface area contributed by atoms with Crippen LogP contribution in [0.4, 0.5) is 0 Å². The number of hydrogen-bond donors (Lipinski definition) is 0. The van der Waals surface area contributed by atoms with Crippen molar-refractivity contribution >= 4 is 21.9 Å². The predicted octanol–water partition coefficient (Wildman–Crippen LogP) is 3.35. The molecule has 0 aliphatic carbocycles. The van der Waals surface area contributed by atoms with Gasteiger partial charge >= 0.3 is 5.97 Å². The molecule has 0 amide bonds. The topological polar surface area (TPSA) is 44.8 Å². The lowest BCUT2D eigenvalue weighted by Crippen LogP contribution is -2.16. The Morgan fingerprint density at radius 3 is 2.37 bits per heavy atom. The highest BCUT2D eigenvalue weighted by Crippen LogP contribution is 2.34. The Kier molecular flexibility index (Phi) is 6.15. The van der Waals surface area contributed by atoms with Gasteiger partial charge < -0.3 is 14.2 Å². The molecule has 1 aromatic rings. The third kappa shape index (κ3) is 4.42. The SMILES string of the molecule is CCC(=O)OC(C)Cc1cc(OC)c(OC)cc1Br. The highest BCUT2D eigenvalue weighted by atomic mass is 79.9. The molecule has 1 rings (SSSR count). The molecule has 5 heteroatoms. The molecule has 1 aromatic carbocycles. The van der Waals surface area contributed by atoms with Crippen LogP contribution < -0.4 is 9.47 Å². The second-order valence-electron chi connectivity index (χ2n) is 4.16. The molecule has 0 spiro atoms. The minimum Gasteiger partial charge on any atom is -0.493 e. The van der Waals surface area contributed by atoms with Crippen LogP contribution in [0.2, 0.25) is 0 Å². The Balaban J connectivity index is 2.86. The van der Waals surface area contributed by atoms with Crippen LogP contribution in [-0.2, 0) is 16.0 Å². The lowest BCUT2D eigenvalue weighted by Gasteiger charge is -2.16. The van der Waals surface area contributed by atoms with E-state index in [1.165, 1.54) is 0 Å². The third-order valence-electron chi connectivity index (χ3n) is 2.68. The average Bonchev–Trinajstić information content (AvgIpc) is 2.40. The van der Waals surface area contributed by atoms with Crippen molar-refractivity contribution in [3.05, 3.63) is 22.2 Å². The third-order valence-corrected chi connectivity index (χ3v) is 3.42. The number of esters is 1. The summed E-state index contributed by atoms with van der Waals surface area (Å²) in [4.78, 5) is 11.2. The summed E-state index contributed by atoms with van der Waals surface area (Å²) in [6, 6.07) is 3.74. The molecule has 0 saturated heterocycles. The largest absolute Gasteiger partial charge is 0.493 e.